The molecule has 0 saturated heterocycles. The fourth-order valence-corrected chi connectivity index (χ4v) is 4.35. The average Bonchev–Trinajstić information content (AvgIpc) is 2.77. The van der Waals surface area contributed by atoms with Crippen molar-refractivity contribution in [1.82, 2.24) is 4.31 Å². The third kappa shape index (κ3) is 2.24. The molecular weight excluding hydrogens is 286 g/mol. The molecule has 0 aliphatic carbocycles. The Morgan fingerprint density at radius 3 is 2.47 bits per heavy atom. The number of rotatable bonds is 3. The van der Waals surface area contributed by atoms with Gasteiger partial charge in [0.05, 0.1) is 7.11 Å². The normalized spacial score (nSPS) is 12.0. The molecule has 0 saturated carbocycles. The van der Waals surface area contributed by atoms with Crippen LogP contribution in [0.1, 0.15) is 9.67 Å². The minimum Gasteiger partial charge on any atom is -0.465 e. The second kappa shape index (κ2) is 4.92. The van der Waals surface area contributed by atoms with Gasteiger partial charge in [-0.2, -0.15) is 0 Å². The summed E-state index contributed by atoms with van der Waals surface area (Å²) in [6.07, 6.45) is 0. The van der Waals surface area contributed by atoms with Crippen molar-refractivity contribution in [2.75, 3.05) is 21.2 Å². The van der Waals surface area contributed by atoms with Crippen LogP contribution < -0.4 is 0 Å². The van der Waals surface area contributed by atoms with Gasteiger partial charge in [0.2, 0.25) is 10.0 Å². The van der Waals surface area contributed by atoms with Crippen LogP contribution in [0.25, 0.3) is 10.1 Å². The Morgan fingerprint density at radius 1 is 1.26 bits per heavy atom. The van der Waals surface area contributed by atoms with Crippen LogP contribution in [-0.2, 0) is 14.8 Å². The van der Waals surface area contributed by atoms with E-state index in [4.69, 9.17) is 0 Å². The molecule has 102 valence electrons. The van der Waals surface area contributed by atoms with Gasteiger partial charge in [0, 0.05) is 24.2 Å². The van der Waals surface area contributed by atoms with Gasteiger partial charge in [-0.1, -0.05) is 18.2 Å². The summed E-state index contributed by atoms with van der Waals surface area (Å²) in [5, 5.41) is 0.543. The number of nitrogens with zero attached hydrogens (tertiary/aromatic N) is 1. The van der Waals surface area contributed by atoms with E-state index >= 15 is 0 Å². The number of sulfonamides is 1. The predicted molar refractivity (Wildman–Crippen MR) is 74.0 cm³/mol. The maximum atomic E-state index is 12.4. The molecule has 0 unspecified atom stereocenters. The van der Waals surface area contributed by atoms with Crippen molar-refractivity contribution in [3.05, 3.63) is 29.1 Å². The Morgan fingerprint density at radius 2 is 1.89 bits per heavy atom. The molecule has 0 fully saturated rings. The van der Waals surface area contributed by atoms with Crippen LogP contribution in [0.2, 0.25) is 0 Å². The van der Waals surface area contributed by atoms with E-state index < -0.39 is 16.0 Å². The number of hydrogen-bond donors (Lipinski definition) is 0. The molecule has 1 aromatic heterocycles. The van der Waals surface area contributed by atoms with Gasteiger partial charge in [0.25, 0.3) is 0 Å². The van der Waals surface area contributed by atoms with Gasteiger partial charge in [0.15, 0.2) is 0 Å². The summed E-state index contributed by atoms with van der Waals surface area (Å²) in [6, 6.07) is 7.01. The van der Waals surface area contributed by atoms with Gasteiger partial charge >= 0.3 is 5.97 Å². The summed E-state index contributed by atoms with van der Waals surface area (Å²) in [4.78, 5) is 11.9. The van der Waals surface area contributed by atoms with E-state index in [0.29, 0.717) is 5.39 Å². The summed E-state index contributed by atoms with van der Waals surface area (Å²) < 4.78 is 31.2. The first kappa shape index (κ1) is 14.0. The fraction of sp³-hybridized carbons (Fsp3) is 0.250. The van der Waals surface area contributed by atoms with E-state index in [2.05, 4.69) is 4.74 Å². The molecule has 0 bridgehead atoms. The molecule has 5 nitrogen and oxygen atoms in total. The lowest BCUT2D eigenvalue weighted by atomic mass is 10.2. The zero-order chi connectivity index (χ0) is 14.2. The molecule has 2 rings (SSSR count). The predicted octanol–water partition coefficient (Wildman–Crippen LogP) is 1.94. The zero-order valence-corrected chi connectivity index (χ0v) is 12.3. The van der Waals surface area contributed by atoms with Crippen molar-refractivity contribution in [3.63, 3.8) is 0 Å². The van der Waals surface area contributed by atoms with E-state index in [1.807, 2.05) is 0 Å². The molecule has 0 aliphatic rings. The number of thiophene rings is 1. The van der Waals surface area contributed by atoms with Gasteiger partial charge in [-0.25, -0.2) is 17.5 Å². The quantitative estimate of drug-likeness (QED) is 0.813. The Hall–Kier alpha value is -1.44. The van der Waals surface area contributed by atoms with Crippen LogP contribution in [0.4, 0.5) is 0 Å². The largest absolute Gasteiger partial charge is 0.465 e. The molecule has 0 spiro atoms. The van der Waals surface area contributed by atoms with Crippen LogP contribution in [0.15, 0.2) is 29.2 Å². The van der Waals surface area contributed by atoms with Crippen molar-refractivity contribution in [1.29, 1.82) is 0 Å². The highest BCUT2D eigenvalue weighted by molar-refractivity contribution is 7.89. The van der Waals surface area contributed by atoms with Gasteiger partial charge < -0.3 is 4.74 Å². The number of fused-ring (bicyclic) bond motifs is 1. The lowest BCUT2D eigenvalue weighted by Crippen LogP contribution is -2.23. The first-order valence-electron chi connectivity index (χ1n) is 5.42. The number of esters is 1. The summed E-state index contributed by atoms with van der Waals surface area (Å²) in [5.74, 6) is -0.637. The standard InChI is InChI=1S/C12H13NO4S2/c1-13(2)19(15,16)11-8-6-4-5-7-9(8)18-10(11)12(14)17-3/h4-7H,1-3H3. The zero-order valence-electron chi connectivity index (χ0n) is 10.7. The number of benzene rings is 1. The number of methoxy groups -OCH3 is 1. The first-order chi connectivity index (χ1) is 8.89. The van der Waals surface area contributed by atoms with Crippen molar-refractivity contribution >= 4 is 37.4 Å². The van der Waals surface area contributed by atoms with E-state index in [1.54, 1.807) is 24.3 Å². The van der Waals surface area contributed by atoms with E-state index in [1.165, 1.54) is 21.2 Å². The molecule has 0 radical (unpaired) electrons. The van der Waals surface area contributed by atoms with Gasteiger partial charge in [-0.15, -0.1) is 11.3 Å². The smallest absolute Gasteiger partial charge is 0.349 e. The molecular formula is C12H13NO4S2. The minimum absolute atomic E-state index is 0.0185. The molecule has 1 heterocycles. The Kier molecular flexibility index (Phi) is 3.62. The van der Waals surface area contributed by atoms with E-state index in [9.17, 15) is 13.2 Å². The van der Waals surface area contributed by atoms with Crippen molar-refractivity contribution in [2.24, 2.45) is 0 Å². The average molecular weight is 299 g/mol. The fourth-order valence-electron chi connectivity index (χ4n) is 1.69. The number of carbonyl (C=O) groups is 1. The van der Waals surface area contributed by atoms with Crippen LogP contribution in [-0.4, -0.2) is 39.9 Å². The van der Waals surface area contributed by atoms with Gasteiger partial charge in [-0.05, 0) is 6.07 Å². The Labute approximate surface area is 115 Å². The highest BCUT2D eigenvalue weighted by Gasteiger charge is 2.30. The Balaban J connectivity index is 2.87. The highest BCUT2D eigenvalue weighted by atomic mass is 32.2. The topological polar surface area (TPSA) is 63.7 Å². The van der Waals surface area contributed by atoms with Crippen molar-refractivity contribution < 1.29 is 17.9 Å². The molecule has 19 heavy (non-hydrogen) atoms. The van der Waals surface area contributed by atoms with Crippen LogP contribution in [0, 0.1) is 0 Å². The maximum absolute atomic E-state index is 12.4. The lowest BCUT2D eigenvalue weighted by molar-refractivity contribution is 0.0602. The highest BCUT2D eigenvalue weighted by Crippen LogP contribution is 2.36. The monoisotopic (exact) mass is 299 g/mol. The van der Waals surface area contributed by atoms with Crippen LogP contribution >= 0.6 is 11.3 Å². The van der Waals surface area contributed by atoms with Crippen LogP contribution in [0.3, 0.4) is 0 Å². The second-order valence-electron chi connectivity index (χ2n) is 4.04. The summed E-state index contributed by atoms with van der Waals surface area (Å²) >= 11 is 1.12. The molecule has 1 aromatic carbocycles. The van der Waals surface area contributed by atoms with Crippen molar-refractivity contribution in [2.45, 2.75) is 4.90 Å². The molecule has 0 amide bonds. The molecule has 2 aromatic rings. The summed E-state index contributed by atoms with van der Waals surface area (Å²) in [7, 11) is 0.399. The summed E-state index contributed by atoms with van der Waals surface area (Å²) in [5.41, 5.74) is 0. The lowest BCUT2D eigenvalue weighted by Gasteiger charge is -2.11. The second-order valence-corrected chi connectivity index (χ2v) is 7.18. The molecule has 0 N–H and O–H groups in total. The number of ether oxygens (including phenoxy) is 1. The van der Waals surface area contributed by atoms with E-state index in [0.717, 1.165) is 20.3 Å². The first-order valence-corrected chi connectivity index (χ1v) is 7.67. The Bertz CT molecular complexity index is 731. The maximum Gasteiger partial charge on any atom is 0.349 e. The van der Waals surface area contributed by atoms with Gasteiger partial charge in [0.1, 0.15) is 9.77 Å². The number of carbonyl (C=O) groups excluding carboxylic acids is 1. The summed E-state index contributed by atoms with van der Waals surface area (Å²) in [6.45, 7) is 0. The van der Waals surface area contributed by atoms with Crippen LogP contribution in [0.5, 0.6) is 0 Å². The van der Waals surface area contributed by atoms with Gasteiger partial charge in [-0.3, -0.25) is 0 Å². The SMILES string of the molecule is COC(=O)c1sc2ccccc2c1S(=O)(=O)N(C)C. The van der Waals surface area contributed by atoms with E-state index in [-0.39, 0.29) is 9.77 Å². The minimum atomic E-state index is -3.70. The molecule has 7 heteroatoms. The molecule has 0 atom stereocenters. The molecule has 0 aliphatic heterocycles. The third-order valence-corrected chi connectivity index (χ3v) is 5.84. The third-order valence-electron chi connectivity index (χ3n) is 2.66. The number of hydrogen-bond acceptors (Lipinski definition) is 5. The van der Waals surface area contributed by atoms with Crippen molar-refractivity contribution in [3.8, 4) is 0 Å².